The second-order valence-corrected chi connectivity index (χ2v) is 1.46. The number of aromatic nitrogens is 1. The molecule has 1 heterocycles. The highest BCUT2D eigenvalue weighted by Gasteiger charge is 1.77. The molecule has 0 saturated heterocycles. The molecule has 1 rings (SSSR count). The molecule has 0 unspecified atom stereocenters. The molecule has 0 saturated carbocycles. The Labute approximate surface area is 81.7 Å². The van der Waals surface area contributed by atoms with Gasteiger partial charge in [0.05, 0.1) is 5.69 Å². The van der Waals surface area contributed by atoms with Crippen LogP contribution in [0.2, 0.25) is 0 Å². The molecule has 10 heavy (non-hydrogen) atoms. The van der Waals surface area contributed by atoms with Crippen molar-refractivity contribution in [1.29, 1.82) is 0 Å². The first-order chi connectivity index (χ1) is 3.93. The van der Waals surface area contributed by atoms with E-state index in [2.05, 4.69) is 11.6 Å². The third kappa shape index (κ3) is 3.80. The van der Waals surface area contributed by atoms with Crippen molar-refractivity contribution in [2.24, 2.45) is 0 Å². The van der Waals surface area contributed by atoms with Crippen LogP contribution in [0.1, 0.15) is 5.69 Å². The molecule has 1 nitrogen and oxygen atoms in total. The molecule has 0 aromatic carbocycles. The number of pyridine rings is 1. The van der Waals surface area contributed by atoms with Crippen LogP contribution in [0.3, 0.4) is 0 Å². The maximum absolute atomic E-state index is 3.98. The Kier molecular flexibility index (Phi) is 8.72. The van der Waals surface area contributed by atoms with Gasteiger partial charge in [0.1, 0.15) is 0 Å². The van der Waals surface area contributed by atoms with Gasteiger partial charge in [-0.2, -0.15) is 0 Å². The molecule has 0 aliphatic heterocycles. The molecule has 0 aliphatic carbocycles. The summed E-state index contributed by atoms with van der Waals surface area (Å²) in [5.74, 6) is 0. The minimum atomic E-state index is 0. The van der Waals surface area contributed by atoms with Crippen molar-refractivity contribution in [1.82, 2.24) is 4.98 Å². The summed E-state index contributed by atoms with van der Waals surface area (Å²) < 4.78 is 0. The molecule has 1 aromatic rings. The molecular formula is C7H9Br2N. The lowest BCUT2D eigenvalue weighted by Crippen LogP contribution is -1.73. The van der Waals surface area contributed by atoms with Gasteiger partial charge in [0, 0.05) is 6.20 Å². The first-order valence-corrected chi connectivity index (χ1v) is 2.47. The SMILES string of the molecule is Br.Br.C=Cc1ccccn1. The number of hydrogen-bond donors (Lipinski definition) is 0. The summed E-state index contributed by atoms with van der Waals surface area (Å²) in [7, 11) is 0. The summed E-state index contributed by atoms with van der Waals surface area (Å²) in [6, 6.07) is 5.73. The average molecular weight is 267 g/mol. The molecule has 0 fully saturated rings. The maximum Gasteiger partial charge on any atom is 0.0623 e. The molecule has 0 radical (unpaired) electrons. The van der Waals surface area contributed by atoms with Gasteiger partial charge in [0.2, 0.25) is 0 Å². The lowest BCUT2D eigenvalue weighted by molar-refractivity contribution is 1.30. The third-order valence-electron chi connectivity index (χ3n) is 0.897. The highest BCUT2D eigenvalue weighted by Crippen LogP contribution is 1.91. The normalized spacial score (nSPS) is 6.80. The van der Waals surface area contributed by atoms with Crippen LogP contribution in [-0.4, -0.2) is 4.98 Å². The van der Waals surface area contributed by atoms with Crippen LogP contribution in [0.25, 0.3) is 6.08 Å². The Morgan fingerprint density at radius 1 is 1.30 bits per heavy atom. The van der Waals surface area contributed by atoms with Crippen LogP contribution in [-0.2, 0) is 0 Å². The zero-order chi connectivity index (χ0) is 5.82. The van der Waals surface area contributed by atoms with Crippen molar-refractivity contribution < 1.29 is 0 Å². The summed E-state index contributed by atoms with van der Waals surface area (Å²) in [5, 5.41) is 0. The van der Waals surface area contributed by atoms with Crippen molar-refractivity contribution in [2.45, 2.75) is 0 Å². The van der Waals surface area contributed by atoms with Crippen LogP contribution in [0, 0.1) is 0 Å². The minimum absolute atomic E-state index is 0. The molecule has 1 aromatic heterocycles. The molecule has 0 N–H and O–H groups in total. The van der Waals surface area contributed by atoms with E-state index in [-0.39, 0.29) is 34.0 Å². The first-order valence-electron chi connectivity index (χ1n) is 2.47. The monoisotopic (exact) mass is 265 g/mol. The quantitative estimate of drug-likeness (QED) is 0.762. The van der Waals surface area contributed by atoms with E-state index in [1.807, 2.05) is 18.2 Å². The zero-order valence-corrected chi connectivity index (χ0v) is 8.78. The standard InChI is InChI=1S/C7H7N.2BrH/c1-2-7-5-3-4-6-8-7;;/h2-6H,1H2;2*1H. The van der Waals surface area contributed by atoms with E-state index in [0.717, 1.165) is 5.69 Å². The second-order valence-electron chi connectivity index (χ2n) is 1.46. The Hall–Kier alpha value is -0.150. The maximum atomic E-state index is 3.98. The Bertz CT molecular complexity index is 174. The Balaban J connectivity index is 0. The second kappa shape index (κ2) is 6.96. The number of nitrogens with zero attached hydrogens (tertiary/aromatic N) is 1. The topological polar surface area (TPSA) is 12.9 Å². The summed E-state index contributed by atoms with van der Waals surface area (Å²) in [5.41, 5.74) is 0.924. The summed E-state index contributed by atoms with van der Waals surface area (Å²) >= 11 is 0. The Morgan fingerprint density at radius 3 is 2.30 bits per heavy atom. The lowest BCUT2D eigenvalue weighted by Gasteiger charge is -1.84. The van der Waals surface area contributed by atoms with E-state index in [1.165, 1.54) is 0 Å². The van der Waals surface area contributed by atoms with E-state index in [0.29, 0.717) is 0 Å². The van der Waals surface area contributed by atoms with E-state index < -0.39 is 0 Å². The Morgan fingerprint density at radius 2 is 2.00 bits per heavy atom. The van der Waals surface area contributed by atoms with E-state index in [1.54, 1.807) is 12.3 Å². The van der Waals surface area contributed by atoms with Gasteiger partial charge in [-0.3, -0.25) is 4.98 Å². The fourth-order valence-electron chi connectivity index (χ4n) is 0.497. The molecule has 0 amide bonds. The number of rotatable bonds is 1. The molecule has 0 atom stereocenters. The van der Waals surface area contributed by atoms with Crippen LogP contribution >= 0.6 is 34.0 Å². The van der Waals surface area contributed by atoms with Crippen molar-refractivity contribution in [3.8, 4) is 0 Å². The predicted molar refractivity (Wildman–Crippen MR) is 55.0 cm³/mol. The summed E-state index contributed by atoms with van der Waals surface area (Å²) in [6.45, 7) is 3.57. The molecule has 3 heteroatoms. The smallest absolute Gasteiger partial charge is 0.0623 e. The van der Waals surface area contributed by atoms with Gasteiger partial charge < -0.3 is 0 Å². The van der Waals surface area contributed by atoms with Crippen molar-refractivity contribution >= 4 is 40.0 Å². The van der Waals surface area contributed by atoms with Crippen molar-refractivity contribution in [3.05, 3.63) is 36.7 Å². The highest BCUT2D eigenvalue weighted by molar-refractivity contribution is 8.93. The highest BCUT2D eigenvalue weighted by atomic mass is 79.9. The van der Waals surface area contributed by atoms with Crippen LogP contribution < -0.4 is 0 Å². The van der Waals surface area contributed by atoms with Gasteiger partial charge in [-0.05, 0) is 18.2 Å². The van der Waals surface area contributed by atoms with Gasteiger partial charge in [-0.1, -0.05) is 12.6 Å². The molecule has 0 spiro atoms. The van der Waals surface area contributed by atoms with E-state index in [9.17, 15) is 0 Å². The fraction of sp³-hybridized carbons (Fsp3) is 0. The largest absolute Gasteiger partial charge is 0.257 e. The van der Waals surface area contributed by atoms with Crippen LogP contribution in [0.15, 0.2) is 31.0 Å². The zero-order valence-electron chi connectivity index (χ0n) is 5.36. The van der Waals surface area contributed by atoms with Crippen molar-refractivity contribution in [2.75, 3.05) is 0 Å². The first kappa shape index (κ1) is 12.5. The molecule has 56 valence electrons. The number of hydrogen-bond acceptors (Lipinski definition) is 1. The summed E-state index contributed by atoms with van der Waals surface area (Å²) in [4.78, 5) is 3.98. The average Bonchev–Trinajstić information content (AvgIpc) is 1.90. The lowest BCUT2D eigenvalue weighted by atomic mass is 10.4. The van der Waals surface area contributed by atoms with Gasteiger partial charge in [-0.25, -0.2) is 0 Å². The molecular weight excluding hydrogens is 258 g/mol. The van der Waals surface area contributed by atoms with Crippen LogP contribution in [0.4, 0.5) is 0 Å². The van der Waals surface area contributed by atoms with Gasteiger partial charge >= 0.3 is 0 Å². The van der Waals surface area contributed by atoms with Gasteiger partial charge in [-0.15, -0.1) is 34.0 Å². The number of halogens is 2. The van der Waals surface area contributed by atoms with Crippen molar-refractivity contribution in [3.63, 3.8) is 0 Å². The predicted octanol–water partition coefficient (Wildman–Crippen LogP) is 2.88. The fourth-order valence-corrected chi connectivity index (χ4v) is 0.497. The molecule has 0 bridgehead atoms. The van der Waals surface area contributed by atoms with E-state index >= 15 is 0 Å². The van der Waals surface area contributed by atoms with Gasteiger partial charge in [0.25, 0.3) is 0 Å². The summed E-state index contributed by atoms with van der Waals surface area (Å²) in [6.07, 6.45) is 3.47. The van der Waals surface area contributed by atoms with E-state index in [4.69, 9.17) is 0 Å². The molecule has 0 aliphatic rings. The van der Waals surface area contributed by atoms with Crippen LogP contribution in [0.5, 0.6) is 0 Å². The minimum Gasteiger partial charge on any atom is -0.257 e. The third-order valence-corrected chi connectivity index (χ3v) is 0.897. The van der Waals surface area contributed by atoms with Gasteiger partial charge in [0.15, 0.2) is 0 Å².